The van der Waals surface area contributed by atoms with Crippen LogP contribution < -0.4 is 4.90 Å². The minimum atomic E-state index is 0.656. The monoisotopic (exact) mass is 315 g/mol. The van der Waals surface area contributed by atoms with Gasteiger partial charge in [0.1, 0.15) is 0 Å². The average Bonchev–Trinajstić information content (AvgIpc) is 2.49. The molecule has 1 aromatic rings. The molecular formula is C18H29N5. The van der Waals surface area contributed by atoms with Gasteiger partial charge in [-0.2, -0.15) is 0 Å². The van der Waals surface area contributed by atoms with Crippen LogP contribution in [0.4, 0.5) is 5.95 Å². The van der Waals surface area contributed by atoms with Crippen molar-refractivity contribution in [3.8, 4) is 0 Å². The lowest BCUT2D eigenvalue weighted by Gasteiger charge is -2.62. The first kappa shape index (κ1) is 15.3. The van der Waals surface area contributed by atoms with Crippen LogP contribution in [0.3, 0.4) is 0 Å². The molecule has 3 saturated heterocycles. The van der Waals surface area contributed by atoms with E-state index in [9.17, 15) is 0 Å². The van der Waals surface area contributed by atoms with Crippen LogP contribution in [0.1, 0.15) is 26.7 Å². The van der Waals surface area contributed by atoms with Crippen LogP contribution in [0.25, 0.3) is 0 Å². The molecule has 0 N–H and O–H groups in total. The Bertz CT molecular complexity index is 509. The highest BCUT2D eigenvalue weighted by Gasteiger charge is 2.52. The summed E-state index contributed by atoms with van der Waals surface area (Å²) < 4.78 is 0. The van der Waals surface area contributed by atoms with Crippen LogP contribution in [0.15, 0.2) is 18.5 Å². The molecule has 0 aromatic carbocycles. The molecule has 4 rings (SSSR count). The molecule has 23 heavy (non-hydrogen) atoms. The van der Waals surface area contributed by atoms with Gasteiger partial charge in [-0.05, 0) is 38.7 Å². The number of anilines is 1. The van der Waals surface area contributed by atoms with E-state index in [1.807, 2.05) is 18.5 Å². The molecule has 5 nitrogen and oxygen atoms in total. The van der Waals surface area contributed by atoms with Crippen LogP contribution in [0, 0.1) is 11.3 Å². The molecule has 3 aliphatic rings. The fourth-order valence-corrected chi connectivity index (χ4v) is 4.55. The number of hydrogen-bond acceptors (Lipinski definition) is 5. The van der Waals surface area contributed by atoms with E-state index in [2.05, 4.69) is 38.5 Å². The lowest BCUT2D eigenvalue weighted by Crippen LogP contribution is -2.73. The number of aromatic nitrogens is 2. The van der Waals surface area contributed by atoms with Crippen molar-refractivity contribution >= 4 is 5.95 Å². The van der Waals surface area contributed by atoms with Crippen molar-refractivity contribution in [1.82, 2.24) is 19.8 Å². The Morgan fingerprint density at radius 3 is 2.35 bits per heavy atom. The van der Waals surface area contributed by atoms with Crippen LogP contribution in [0.5, 0.6) is 0 Å². The van der Waals surface area contributed by atoms with Gasteiger partial charge in [0.25, 0.3) is 0 Å². The minimum absolute atomic E-state index is 0.656. The van der Waals surface area contributed by atoms with Crippen molar-refractivity contribution in [2.45, 2.75) is 32.7 Å². The Kier molecular flexibility index (Phi) is 4.01. The van der Waals surface area contributed by atoms with Gasteiger partial charge >= 0.3 is 0 Å². The summed E-state index contributed by atoms with van der Waals surface area (Å²) in [5, 5.41) is 0. The van der Waals surface area contributed by atoms with E-state index in [-0.39, 0.29) is 0 Å². The third-order valence-electron chi connectivity index (χ3n) is 5.89. The zero-order valence-corrected chi connectivity index (χ0v) is 14.5. The number of nitrogens with zero attached hydrogens (tertiary/aromatic N) is 5. The number of rotatable bonds is 4. The third-order valence-corrected chi connectivity index (χ3v) is 5.89. The summed E-state index contributed by atoms with van der Waals surface area (Å²) in [4.78, 5) is 16.4. The minimum Gasteiger partial charge on any atom is -0.341 e. The summed E-state index contributed by atoms with van der Waals surface area (Å²) in [5.74, 6) is 1.76. The second-order valence-electron chi connectivity index (χ2n) is 8.15. The summed E-state index contributed by atoms with van der Waals surface area (Å²) in [5.41, 5.74) is 0.656. The quantitative estimate of drug-likeness (QED) is 0.845. The van der Waals surface area contributed by atoms with E-state index in [1.54, 1.807) is 0 Å². The first-order chi connectivity index (χ1) is 11.1. The van der Waals surface area contributed by atoms with Crippen molar-refractivity contribution in [3.63, 3.8) is 0 Å². The molecule has 0 atom stereocenters. The molecule has 126 valence electrons. The Hall–Kier alpha value is -1.20. The number of likely N-dealkylation sites (tertiary alicyclic amines) is 2. The normalized spacial score (nSPS) is 25.6. The van der Waals surface area contributed by atoms with Gasteiger partial charge in [0, 0.05) is 69.7 Å². The van der Waals surface area contributed by atoms with Crippen molar-refractivity contribution in [3.05, 3.63) is 18.5 Å². The van der Waals surface area contributed by atoms with Gasteiger partial charge < -0.3 is 9.80 Å². The predicted molar refractivity (Wildman–Crippen MR) is 92.6 cm³/mol. The SMILES string of the molecule is CC(C)N1CC2(CN(CC3CCN(c4ncccn4)CC3)C2)C1. The van der Waals surface area contributed by atoms with E-state index in [1.165, 1.54) is 45.6 Å². The summed E-state index contributed by atoms with van der Waals surface area (Å²) in [7, 11) is 0. The van der Waals surface area contributed by atoms with Crippen LogP contribution in [0.2, 0.25) is 0 Å². The molecule has 0 bridgehead atoms. The Balaban J connectivity index is 1.19. The van der Waals surface area contributed by atoms with Crippen molar-refractivity contribution in [1.29, 1.82) is 0 Å². The summed E-state index contributed by atoms with van der Waals surface area (Å²) >= 11 is 0. The lowest BCUT2D eigenvalue weighted by molar-refractivity contribution is -0.129. The average molecular weight is 315 g/mol. The highest BCUT2D eigenvalue weighted by Crippen LogP contribution is 2.41. The third kappa shape index (κ3) is 3.09. The fourth-order valence-electron chi connectivity index (χ4n) is 4.55. The summed E-state index contributed by atoms with van der Waals surface area (Å²) in [6, 6.07) is 2.61. The van der Waals surface area contributed by atoms with Crippen LogP contribution in [-0.4, -0.2) is 71.6 Å². The van der Waals surface area contributed by atoms with Crippen LogP contribution >= 0.6 is 0 Å². The molecule has 1 spiro atoms. The van der Waals surface area contributed by atoms with Crippen molar-refractivity contribution in [2.75, 3.05) is 50.7 Å². The predicted octanol–water partition coefficient (Wildman–Crippen LogP) is 1.72. The molecule has 3 fully saturated rings. The maximum absolute atomic E-state index is 4.37. The Morgan fingerprint density at radius 2 is 1.74 bits per heavy atom. The van der Waals surface area contributed by atoms with Crippen LogP contribution in [-0.2, 0) is 0 Å². The van der Waals surface area contributed by atoms with Gasteiger partial charge in [-0.25, -0.2) is 9.97 Å². The van der Waals surface area contributed by atoms with E-state index in [0.717, 1.165) is 31.0 Å². The second kappa shape index (κ2) is 6.02. The van der Waals surface area contributed by atoms with E-state index in [4.69, 9.17) is 0 Å². The molecule has 0 unspecified atom stereocenters. The largest absolute Gasteiger partial charge is 0.341 e. The molecule has 5 heteroatoms. The maximum atomic E-state index is 4.37. The van der Waals surface area contributed by atoms with Gasteiger partial charge in [-0.3, -0.25) is 4.90 Å². The van der Waals surface area contributed by atoms with Gasteiger partial charge in [-0.15, -0.1) is 0 Å². The molecule has 0 aliphatic carbocycles. The van der Waals surface area contributed by atoms with Crippen molar-refractivity contribution < 1.29 is 0 Å². The highest BCUT2D eigenvalue weighted by atomic mass is 15.3. The summed E-state index contributed by atoms with van der Waals surface area (Å²) in [6.07, 6.45) is 6.24. The molecule has 0 amide bonds. The maximum Gasteiger partial charge on any atom is 0.225 e. The molecule has 0 saturated carbocycles. The van der Waals surface area contributed by atoms with E-state index < -0.39 is 0 Å². The zero-order chi connectivity index (χ0) is 15.9. The van der Waals surface area contributed by atoms with E-state index >= 15 is 0 Å². The first-order valence-corrected chi connectivity index (χ1v) is 9.12. The first-order valence-electron chi connectivity index (χ1n) is 9.12. The number of piperidine rings is 1. The van der Waals surface area contributed by atoms with Gasteiger partial charge in [-0.1, -0.05) is 0 Å². The Labute approximate surface area is 139 Å². The number of hydrogen-bond donors (Lipinski definition) is 0. The second-order valence-corrected chi connectivity index (χ2v) is 8.15. The van der Waals surface area contributed by atoms with E-state index in [0.29, 0.717) is 5.41 Å². The lowest BCUT2D eigenvalue weighted by atomic mass is 9.72. The molecular weight excluding hydrogens is 286 g/mol. The Morgan fingerprint density at radius 1 is 1.09 bits per heavy atom. The highest BCUT2D eigenvalue weighted by molar-refractivity contribution is 5.28. The standard InChI is InChI=1S/C18H29N5/c1-15(2)23-13-18(14-23)11-21(12-18)10-16-4-8-22(9-5-16)17-19-6-3-7-20-17/h3,6-7,15-16H,4-5,8-14H2,1-2H3. The van der Waals surface area contributed by atoms with Gasteiger partial charge in [0.2, 0.25) is 5.95 Å². The topological polar surface area (TPSA) is 35.5 Å². The smallest absolute Gasteiger partial charge is 0.225 e. The zero-order valence-electron chi connectivity index (χ0n) is 14.5. The molecule has 1 aromatic heterocycles. The van der Waals surface area contributed by atoms with Crippen molar-refractivity contribution in [2.24, 2.45) is 11.3 Å². The fraction of sp³-hybridized carbons (Fsp3) is 0.778. The summed E-state index contributed by atoms with van der Waals surface area (Å²) in [6.45, 7) is 13.4. The van der Waals surface area contributed by atoms with Gasteiger partial charge in [0.15, 0.2) is 0 Å². The molecule has 0 radical (unpaired) electrons. The van der Waals surface area contributed by atoms with Gasteiger partial charge in [0.05, 0.1) is 0 Å². The molecule has 3 aliphatic heterocycles. The molecule has 4 heterocycles.